The van der Waals surface area contributed by atoms with Gasteiger partial charge in [-0.05, 0) is 43.9 Å². The van der Waals surface area contributed by atoms with Crippen LogP contribution in [-0.4, -0.2) is 35.2 Å². The number of hydrogen-bond donors (Lipinski definition) is 1. The predicted octanol–water partition coefficient (Wildman–Crippen LogP) is 2.77. The van der Waals surface area contributed by atoms with E-state index >= 15 is 0 Å². The lowest BCUT2D eigenvalue weighted by Crippen LogP contribution is -2.38. The van der Waals surface area contributed by atoms with Gasteiger partial charge in [-0.3, -0.25) is 4.79 Å². The normalized spacial score (nSPS) is 28.4. The first-order valence-electron chi connectivity index (χ1n) is 8.53. The largest absolute Gasteiger partial charge is 0.397 e. The van der Waals surface area contributed by atoms with Crippen LogP contribution in [0, 0.1) is 23.7 Å². The van der Waals surface area contributed by atoms with E-state index in [4.69, 9.17) is 9.94 Å². The third kappa shape index (κ3) is 5.27. The number of hydroxylamine groups is 2. The molecule has 2 fully saturated rings. The topological polar surface area (TPSA) is 66.8 Å². The fraction of sp³-hybridized carbons (Fsp3) is 0.882. The van der Waals surface area contributed by atoms with Gasteiger partial charge in [0.05, 0.1) is 12.5 Å². The van der Waals surface area contributed by atoms with Crippen molar-refractivity contribution < 1.29 is 19.5 Å². The number of amides is 1. The van der Waals surface area contributed by atoms with Crippen LogP contribution in [0.2, 0.25) is 0 Å². The minimum atomic E-state index is -0.194. The van der Waals surface area contributed by atoms with E-state index in [1.165, 1.54) is 11.5 Å². The molecule has 0 bridgehead atoms. The van der Waals surface area contributed by atoms with Gasteiger partial charge in [-0.25, -0.2) is 4.79 Å². The highest BCUT2D eigenvalue weighted by atomic mass is 16.7. The van der Waals surface area contributed by atoms with Crippen molar-refractivity contribution in [2.45, 2.75) is 59.8 Å². The first kappa shape index (κ1) is 18.9. The summed E-state index contributed by atoms with van der Waals surface area (Å²) in [6, 6.07) is 0. The molecule has 2 aliphatic rings. The molecule has 1 saturated heterocycles. The molecule has 1 aliphatic carbocycles. The zero-order valence-electron chi connectivity index (χ0n) is 14.4. The van der Waals surface area contributed by atoms with Crippen LogP contribution < -0.4 is 0 Å². The Labute approximate surface area is 134 Å². The fourth-order valence-electron chi connectivity index (χ4n) is 3.37. The predicted molar refractivity (Wildman–Crippen MR) is 84.6 cm³/mol. The molecule has 0 spiro atoms. The molecular weight excluding hydrogens is 282 g/mol. The molecule has 1 N–H and O–H groups in total. The molecule has 22 heavy (non-hydrogen) atoms. The molecule has 0 aromatic heterocycles. The van der Waals surface area contributed by atoms with Crippen molar-refractivity contribution in [2.24, 2.45) is 23.7 Å². The molecule has 0 aromatic rings. The lowest BCUT2D eigenvalue weighted by molar-refractivity contribution is -0.200. The summed E-state index contributed by atoms with van der Waals surface area (Å²) in [6.07, 6.45) is 4.47. The van der Waals surface area contributed by atoms with Gasteiger partial charge in [0.1, 0.15) is 0 Å². The quantitative estimate of drug-likeness (QED) is 0.870. The Hall–Kier alpha value is -1.10. The maximum absolute atomic E-state index is 12.3. The van der Waals surface area contributed by atoms with Gasteiger partial charge in [0.25, 0.3) is 5.91 Å². The highest BCUT2D eigenvalue weighted by molar-refractivity contribution is 5.80. The summed E-state index contributed by atoms with van der Waals surface area (Å²) < 4.78 is 0. The summed E-state index contributed by atoms with van der Waals surface area (Å²) in [4.78, 5) is 29.2. The summed E-state index contributed by atoms with van der Waals surface area (Å²) in [5.74, 6) is 1.15. The Bertz CT molecular complexity index is 370. The molecular formula is C17H31NO4. The summed E-state index contributed by atoms with van der Waals surface area (Å²) in [7, 11) is 0. The van der Waals surface area contributed by atoms with Crippen LogP contribution in [0.15, 0.2) is 0 Å². The van der Waals surface area contributed by atoms with Crippen molar-refractivity contribution in [1.82, 2.24) is 5.06 Å². The van der Waals surface area contributed by atoms with Crippen molar-refractivity contribution in [3.05, 3.63) is 0 Å². The second-order valence-corrected chi connectivity index (χ2v) is 6.76. The van der Waals surface area contributed by atoms with E-state index in [-0.39, 0.29) is 24.4 Å². The summed E-state index contributed by atoms with van der Waals surface area (Å²) >= 11 is 0. The van der Waals surface area contributed by atoms with E-state index in [0.29, 0.717) is 30.7 Å². The van der Waals surface area contributed by atoms with Gasteiger partial charge in [0.2, 0.25) is 0 Å². The summed E-state index contributed by atoms with van der Waals surface area (Å²) in [5.41, 5.74) is 0. The Morgan fingerprint density at radius 1 is 1.41 bits per heavy atom. The van der Waals surface area contributed by atoms with Crippen LogP contribution in [0.4, 0.5) is 0 Å². The number of nitrogens with zero attached hydrogens (tertiary/aromatic N) is 1. The number of carbonyl (C=O) groups is 2. The molecule has 0 aromatic carbocycles. The molecule has 1 heterocycles. The lowest BCUT2D eigenvalue weighted by atomic mass is 9.70. The van der Waals surface area contributed by atoms with Crippen LogP contribution >= 0.6 is 0 Å². The van der Waals surface area contributed by atoms with E-state index in [1.807, 2.05) is 0 Å². The van der Waals surface area contributed by atoms with E-state index in [1.54, 1.807) is 6.92 Å². The first-order chi connectivity index (χ1) is 10.4. The van der Waals surface area contributed by atoms with Crippen molar-refractivity contribution in [1.29, 1.82) is 0 Å². The number of rotatable bonds is 3. The van der Waals surface area contributed by atoms with Gasteiger partial charge >= 0.3 is 5.97 Å². The third-order valence-electron chi connectivity index (χ3n) is 4.56. The molecule has 3 unspecified atom stereocenters. The molecule has 128 valence electrons. The average Bonchev–Trinajstić information content (AvgIpc) is 2.84. The maximum atomic E-state index is 12.3. The molecule has 0 radical (unpaired) electrons. The van der Waals surface area contributed by atoms with Crippen LogP contribution in [-0.2, 0) is 14.4 Å². The van der Waals surface area contributed by atoms with Crippen LogP contribution in [0.25, 0.3) is 0 Å². The van der Waals surface area contributed by atoms with Gasteiger partial charge < -0.3 is 9.94 Å². The number of aliphatic hydroxyl groups excluding tert-OH is 1. The zero-order chi connectivity index (χ0) is 16.7. The average molecular weight is 313 g/mol. The Morgan fingerprint density at radius 2 is 2.05 bits per heavy atom. The molecule has 5 heteroatoms. The van der Waals surface area contributed by atoms with Gasteiger partial charge in [0.15, 0.2) is 0 Å². The third-order valence-corrected chi connectivity index (χ3v) is 4.56. The van der Waals surface area contributed by atoms with Crippen molar-refractivity contribution >= 4 is 11.9 Å². The lowest BCUT2D eigenvalue weighted by Gasteiger charge is -2.36. The highest BCUT2D eigenvalue weighted by Crippen LogP contribution is 2.38. The minimum absolute atomic E-state index is 0.0443. The van der Waals surface area contributed by atoms with Crippen molar-refractivity contribution in [3.63, 3.8) is 0 Å². The van der Waals surface area contributed by atoms with Crippen LogP contribution in [0.1, 0.15) is 59.8 Å². The highest BCUT2D eigenvalue weighted by Gasteiger charge is 2.38. The minimum Gasteiger partial charge on any atom is -0.397 e. The second-order valence-electron chi connectivity index (χ2n) is 6.76. The fourth-order valence-corrected chi connectivity index (χ4v) is 3.37. The Morgan fingerprint density at radius 3 is 2.55 bits per heavy atom. The van der Waals surface area contributed by atoms with Crippen LogP contribution in [0.3, 0.4) is 0 Å². The standard InChI is InChI=1S/C15H25NO3.C2H6O/c1-10(2)12-7-6-11(3)9-13(12)15(18)19-16-8-4-5-14(16)17;1-2-3/h10-13H,4-9H2,1-3H3;3H,2H2,1H3. The smallest absolute Gasteiger partial charge is 0.335 e. The van der Waals surface area contributed by atoms with Gasteiger partial charge in [-0.15, -0.1) is 0 Å². The monoisotopic (exact) mass is 313 g/mol. The Balaban J connectivity index is 0.000000745. The van der Waals surface area contributed by atoms with E-state index in [0.717, 1.165) is 19.3 Å². The van der Waals surface area contributed by atoms with E-state index in [9.17, 15) is 9.59 Å². The molecule has 1 saturated carbocycles. The van der Waals surface area contributed by atoms with E-state index < -0.39 is 0 Å². The van der Waals surface area contributed by atoms with Gasteiger partial charge in [-0.2, -0.15) is 5.06 Å². The maximum Gasteiger partial charge on any atom is 0.335 e. The molecule has 1 amide bonds. The van der Waals surface area contributed by atoms with E-state index in [2.05, 4.69) is 20.8 Å². The van der Waals surface area contributed by atoms with Crippen molar-refractivity contribution in [2.75, 3.05) is 13.2 Å². The van der Waals surface area contributed by atoms with Crippen molar-refractivity contribution in [3.8, 4) is 0 Å². The SMILES string of the molecule is CC1CCC(C(C)C)C(C(=O)ON2CCCC2=O)C1.CCO. The molecule has 5 nitrogen and oxygen atoms in total. The molecule has 1 aliphatic heterocycles. The number of aliphatic hydroxyl groups is 1. The number of hydrogen-bond acceptors (Lipinski definition) is 4. The molecule has 2 rings (SSSR count). The zero-order valence-corrected chi connectivity index (χ0v) is 14.4. The Kier molecular flexibility index (Phi) is 7.87. The molecule has 3 atom stereocenters. The first-order valence-corrected chi connectivity index (χ1v) is 8.53. The summed E-state index contributed by atoms with van der Waals surface area (Å²) in [5, 5.41) is 8.83. The summed E-state index contributed by atoms with van der Waals surface area (Å²) in [6.45, 7) is 9.01. The van der Waals surface area contributed by atoms with Gasteiger partial charge in [-0.1, -0.05) is 27.2 Å². The van der Waals surface area contributed by atoms with Crippen LogP contribution in [0.5, 0.6) is 0 Å². The van der Waals surface area contributed by atoms with Gasteiger partial charge in [0, 0.05) is 13.0 Å². The number of carbonyl (C=O) groups excluding carboxylic acids is 2. The second kappa shape index (κ2) is 9.13.